The number of nitrogens with zero attached hydrogens (tertiary/aromatic N) is 4. The lowest BCUT2D eigenvalue weighted by Gasteiger charge is -2.13. The number of aromatic nitrogens is 2. The molecule has 0 N–H and O–H groups in total. The molecule has 9 nitrogen and oxygen atoms in total. The summed E-state index contributed by atoms with van der Waals surface area (Å²) >= 11 is 0.889. The molecule has 2 aromatic heterocycles. The van der Waals surface area contributed by atoms with Gasteiger partial charge >= 0.3 is 0 Å². The zero-order valence-electron chi connectivity index (χ0n) is 15.4. The molecule has 5 rings (SSSR count). The van der Waals surface area contributed by atoms with Crippen LogP contribution in [0.3, 0.4) is 0 Å². The molecule has 1 aliphatic carbocycles. The van der Waals surface area contributed by atoms with Crippen LogP contribution in [-0.4, -0.2) is 25.9 Å². The summed E-state index contributed by atoms with van der Waals surface area (Å²) in [6.07, 6.45) is 0. The van der Waals surface area contributed by atoms with Crippen molar-refractivity contribution in [2.24, 2.45) is 0 Å². The third-order valence-corrected chi connectivity index (χ3v) is 6.02. The van der Waals surface area contributed by atoms with E-state index < -0.39 is 22.0 Å². The van der Waals surface area contributed by atoms with Gasteiger partial charge in [0.15, 0.2) is 4.96 Å². The third kappa shape index (κ3) is 2.54. The Labute approximate surface area is 176 Å². The predicted octanol–water partition coefficient (Wildman–Crippen LogP) is 2.98. The maximum absolute atomic E-state index is 13.2. The second kappa shape index (κ2) is 6.51. The SMILES string of the molecule is N#Cc1c(-c2ccc([N+](=O)[O-])cc2)nc2sc3c(n2c1=O)C(=O)c1ccccc1C3=O. The van der Waals surface area contributed by atoms with Crippen molar-refractivity contribution < 1.29 is 14.5 Å². The van der Waals surface area contributed by atoms with Crippen molar-refractivity contribution in [1.82, 2.24) is 9.38 Å². The standard InChI is InChI=1S/C21H8N4O5S/c22-9-14-15(10-5-7-11(8-6-10)25(29)30)23-21-24(20(14)28)16-17(26)12-3-1-2-4-13(12)18(27)19(16)31-21/h1-8H. The van der Waals surface area contributed by atoms with Gasteiger partial charge in [-0.05, 0) is 12.1 Å². The van der Waals surface area contributed by atoms with Crippen LogP contribution in [0.2, 0.25) is 0 Å². The number of carbonyl (C=O) groups is 2. The van der Waals surface area contributed by atoms with E-state index in [9.17, 15) is 29.8 Å². The largest absolute Gasteiger partial charge is 0.288 e. The second-order valence-electron chi connectivity index (χ2n) is 6.66. The van der Waals surface area contributed by atoms with Crippen LogP contribution in [0.25, 0.3) is 16.2 Å². The number of nitro benzene ring substituents is 1. The van der Waals surface area contributed by atoms with Gasteiger partial charge in [0.25, 0.3) is 11.2 Å². The maximum Gasteiger partial charge on any atom is 0.277 e. The summed E-state index contributed by atoms with van der Waals surface area (Å²) in [6, 6.07) is 13.4. The molecule has 0 radical (unpaired) electrons. The van der Waals surface area contributed by atoms with E-state index in [2.05, 4.69) is 4.98 Å². The molecule has 0 amide bonds. The van der Waals surface area contributed by atoms with Crippen molar-refractivity contribution in [1.29, 1.82) is 5.26 Å². The van der Waals surface area contributed by atoms with E-state index in [0.717, 1.165) is 15.7 Å². The van der Waals surface area contributed by atoms with Crippen LogP contribution < -0.4 is 5.56 Å². The van der Waals surface area contributed by atoms with E-state index in [0.29, 0.717) is 5.56 Å². The summed E-state index contributed by atoms with van der Waals surface area (Å²) in [5, 5.41) is 20.5. The first-order chi connectivity index (χ1) is 14.9. The first-order valence-electron chi connectivity index (χ1n) is 8.85. The average molecular weight is 428 g/mol. The number of non-ortho nitro benzene ring substituents is 1. The number of ketones is 2. The van der Waals surface area contributed by atoms with E-state index in [1.807, 2.05) is 6.07 Å². The van der Waals surface area contributed by atoms with Crippen molar-refractivity contribution in [3.05, 3.63) is 96.3 Å². The second-order valence-corrected chi connectivity index (χ2v) is 7.64. The van der Waals surface area contributed by atoms with Crippen molar-refractivity contribution >= 4 is 33.6 Å². The molecule has 0 saturated heterocycles. The molecule has 2 aromatic carbocycles. The smallest absolute Gasteiger partial charge is 0.277 e. The molecule has 0 fully saturated rings. The number of hydrogen-bond donors (Lipinski definition) is 0. The van der Waals surface area contributed by atoms with Gasteiger partial charge in [0.05, 0.1) is 10.6 Å². The van der Waals surface area contributed by atoms with Crippen molar-refractivity contribution in [2.75, 3.05) is 0 Å². The number of nitriles is 1. The molecule has 1 aliphatic rings. The van der Waals surface area contributed by atoms with Gasteiger partial charge in [0.2, 0.25) is 11.6 Å². The maximum atomic E-state index is 13.2. The van der Waals surface area contributed by atoms with Gasteiger partial charge in [0.1, 0.15) is 22.2 Å². The van der Waals surface area contributed by atoms with Crippen LogP contribution >= 0.6 is 11.3 Å². The molecule has 0 atom stereocenters. The normalized spacial score (nSPS) is 12.4. The number of rotatable bonds is 2. The highest BCUT2D eigenvalue weighted by atomic mass is 32.1. The lowest BCUT2D eigenvalue weighted by molar-refractivity contribution is -0.384. The quantitative estimate of drug-likeness (QED) is 0.311. The lowest BCUT2D eigenvalue weighted by Crippen LogP contribution is -2.26. The van der Waals surface area contributed by atoms with E-state index in [1.165, 1.54) is 30.3 Å². The van der Waals surface area contributed by atoms with Crippen molar-refractivity contribution in [2.45, 2.75) is 0 Å². The number of nitro groups is 1. The average Bonchev–Trinajstić information content (AvgIpc) is 3.18. The molecule has 31 heavy (non-hydrogen) atoms. The lowest BCUT2D eigenvalue weighted by atomic mass is 9.91. The highest BCUT2D eigenvalue weighted by Gasteiger charge is 2.35. The third-order valence-electron chi connectivity index (χ3n) is 4.99. The molecule has 2 heterocycles. The van der Waals surface area contributed by atoms with Crippen LogP contribution in [0.4, 0.5) is 5.69 Å². The highest BCUT2D eigenvalue weighted by Crippen LogP contribution is 2.33. The van der Waals surface area contributed by atoms with E-state index >= 15 is 0 Å². The van der Waals surface area contributed by atoms with Gasteiger partial charge in [-0.3, -0.25) is 24.5 Å². The van der Waals surface area contributed by atoms with Gasteiger partial charge in [-0.15, -0.1) is 0 Å². The van der Waals surface area contributed by atoms with Crippen LogP contribution in [0, 0.1) is 21.4 Å². The van der Waals surface area contributed by atoms with Gasteiger partial charge in [-0.2, -0.15) is 5.26 Å². The molecular formula is C21H8N4O5S. The zero-order chi connectivity index (χ0) is 21.9. The molecule has 0 bridgehead atoms. The minimum absolute atomic E-state index is 0.0263. The highest BCUT2D eigenvalue weighted by molar-refractivity contribution is 7.19. The van der Waals surface area contributed by atoms with Crippen LogP contribution in [0.15, 0.2) is 53.3 Å². The number of hydrogen-bond acceptors (Lipinski definition) is 8. The Balaban J connectivity index is 1.80. The fraction of sp³-hybridized carbons (Fsp3) is 0. The minimum Gasteiger partial charge on any atom is -0.288 e. The molecule has 148 valence electrons. The number of thiazole rings is 1. The zero-order valence-corrected chi connectivity index (χ0v) is 16.2. The van der Waals surface area contributed by atoms with Gasteiger partial charge in [-0.25, -0.2) is 9.38 Å². The van der Waals surface area contributed by atoms with E-state index in [4.69, 9.17) is 0 Å². The van der Waals surface area contributed by atoms with Gasteiger partial charge < -0.3 is 0 Å². The van der Waals surface area contributed by atoms with Crippen LogP contribution in [0.1, 0.15) is 36.9 Å². The topological polar surface area (TPSA) is 135 Å². The Morgan fingerprint density at radius 1 is 1.00 bits per heavy atom. The summed E-state index contributed by atoms with van der Waals surface area (Å²) < 4.78 is 1.00. The molecule has 10 heteroatoms. The van der Waals surface area contributed by atoms with Gasteiger partial charge in [-0.1, -0.05) is 35.6 Å². The molecule has 0 aliphatic heterocycles. The first-order valence-corrected chi connectivity index (χ1v) is 9.67. The van der Waals surface area contributed by atoms with Crippen molar-refractivity contribution in [3.8, 4) is 17.3 Å². The fourth-order valence-corrected chi connectivity index (χ4v) is 4.61. The number of fused-ring (bicyclic) bond motifs is 4. The Kier molecular flexibility index (Phi) is 3.89. The Bertz CT molecular complexity index is 1570. The molecule has 4 aromatic rings. The monoisotopic (exact) mass is 428 g/mol. The summed E-state index contributed by atoms with van der Waals surface area (Å²) in [6.45, 7) is 0. The molecular weight excluding hydrogens is 420 g/mol. The number of benzene rings is 2. The fourth-order valence-electron chi connectivity index (χ4n) is 3.55. The summed E-state index contributed by atoms with van der Waals surface area (Å²) in [7, 11) is 0. The molecule has 0 spiro atoms. The van der Waals surface area contributed by atoms with E-state index in [1.54, 1.807) is 18.2 Å². The first kappa shape index (κ1) is 18.5. The van der Waals surface area contributed by atoms with Crippen molar-refractivity contribution in [3.63, 3.8) is 0 Å². The van der Waals surface area contributed by atoms with E-state index in [-0.39, 0.29) is 43.6 Å². The molecule has 0 unspecified atom stereocenters. The predicted molar refractivity (Wildman–Crippen MR) is 109 cm³/mol. The minimum atomic E-state index is -0.779. The molecule has 0 saturated carbocycles. The van der Waals surface area contributed by atoms with Crippen LogP contribution in [0.5, 0.6) is 0 Å². The Morgan fingerprint density at radius 2 is 1.65 bits per heavy atom. The number of carbonyl (C=O) groups excluding carboxylic acids is 2. The Morgan fingerprint density at radius 3 is 2.26 bits per heavy atom. The van der Waals surface area contributed by atoms with Crippen LogP contribution in [-0.2, 0) is 0 Å². The van der Waals surface area contributed by atoms with Gasteiger partial charge in [0, 0.05) is 28.8 Å². The summed E-state index contributed by atoms with van der Waals surface area (Å²) in [4.78, 5) is 54.0. The summed E-state index contributed by atoms with van der Waals surface area (Å²) in [5.41, 5.74) is -0.578. The Hall–Kier alpha value is -4.49. The summed E-state index contributed by atoms with van der Waals surface area (Å²) in [5.74, 6) is -0.886.